The molecule has 10 heteroatoms. The summed E-state index contributed by atoms with van der Waals surface area (Å²) >= 11 is 7.54. The van der Waals surface area contributed by atoms with Gasteiger partial charge >= 0.3 is 5.97 Å². The SMILES string of the molecule is COc1ccc(C(=NOC(=O)c2cc(Cl)ccc2SC)c2nccc3cc(OC)c(OC)cc23)cc1OC. The van der Waals surface area contributed by atoms with Crippen LogP contribution in [0.5, 0.6) is 23.0 Å². The maximum absolute atomic E-state index is 13.1. The number of rotatable bonds is 9. The monoisotopic (exact) mass is 552 g/mol. The molecular weight excluding hydrogens is 528 g/mol. The van der Waals surface area contributed by atoms with Crippen molar-refractivity contribution >= 4 is 45.8 Å². The van der Waals surface area contributed by atoms with Gasteiger partial charge in [0, 0.05) is 27.1 Å². The Bertz CT molecular complexity index is 1530. The maximum Gasteiger partial charge on any atom is 0.366 e. The summed E-state index contributed by atoms with van der Waals surface area (Å²) in [6.45, 7) is 0. The molecule has 0 aliphatic rings. The van der Waals surface area contributed by atoms with E-state index in [2.05, 4.69) is 10.1 Å². The molecule has 0 fully saturated rings. The van der Waals surface area contributed by atoms with E-state index < -0.39 is 5.97 Å². The van der Waals surface area contributed by atoms with Crippen LogP contribution in [0.4, 0.5) is 0 Å². The summed E-state index contributed by atoms with van der Waals surface area (Å²) in [6.07, 6.45) is 3.50. The Balaban J connectivity index is 1.90. The molecule has 0 bridgehead atoms. The Morgan fingerprint density at radius 3 is 2.21 bits per heavy atom. The highest BCUT2D eigenvalue weighted by molar-refractivity contribution is 7.98. The lowest BCUT2D eigenvalue weighted by atomic mass is 10.0. The average molecular weight is 553 g/mol. The van der Waals surface area contributed by atoms with Gasteiger partial charge in [0.2, 0.25) is 0 Å². The molecule has 0 saturated heterocycles. The van der Waals surface area contributed by atoms with Crippen LogP contribution in [0.25, 0.3) is 10.8 Å². The average Bonchev–Trinajstić information content (AvgIpc) is 2.96. The Morgan fingerprint density at radius 2 is 1.53 bits per heavy atom. The lowest BCUT2D eigenvalue weighted by molar-refractivity contribution is 0.0513. The van der Waals surface area contributed by atoms with Gasteiger partial charge in [0.05, 0.1) is 34.0 Å². The minimum atomic E-state index is -0.658. The van der Waals surface area contributed by atoms with Crippen molar-refractivity contribution < 1.29 is 28.6 Å². The number of thioether (sulfide) groups is 1. The van der Waals surface area contributed by atoms with Crippen LogP contribution in [0.15, 0.2) is 70.8 Å². The second kappa shape index (κ2) is 12.1. The molecule has 0 aliphatic heterocycles. The Kier molecular flexibility index (Phi) is 8.60. The first-order valence-electron chi connectivity index (χ1n) is 11.3. The molecule has 8 nitrogen and oxygen atoms in total. The van der Waals surface area contributed by atoms with Crippen LogP contribution < -0.4 is 18.9 Å². The zero-order valence-electron chi connectivity index (χ0n) is 21.4. The molecule has 4 rings (SSSR count). The number of carbonyl (C=O) groups is 1. The van der Waals surface area contributed by atoms with Gasteiger partial charge in [-0.05, 0) is 66.2 Å². The topological polar surface area (TPSA) is 88.5 Å². The van der Waals surface area contributed by atoms with Crippen LogP contribution in [0.2, 0.25) is 5.02 Å². The summed E-state index contributed by atoms with van der Waals surface area (Å²) in [5.41, 5.74) is 1.64. The molecule has 0 radical (unpaired) electrons. The highest BCUT2D eigenvalue weighted by Gasteiger charge is 2.20. The predicted molar refractivity (Wildman–Crippen MR) is 149 cm³/mol. The van der Waals surface area contributed by atoms with E-state index in [1.807, 2.05) is 18.4 Å². The fourth-order valence-corrected chi connectivity index (χ4v) is 4.62. The highest BCUT2D eigenvalue weighted by Crippen LogP contribution is 2.35. The second-order valence-electron chi connectivity index (χ2n) is 7.82. The van der Waals surface area contributed by atoms with E-state index in [9.17, 15) is 4.79 Å². The summed E-state index contributed by atoms with van der Waals surface area (Å²) in [7, 11) is 6.21. The van der Waals surface area contributed by atoms with E-state index >= 15 is 0 Å². The molecule has 0 unspecified atom stereocenters. The van der Waals surface area contributed by atoms with Gasteiger partial charge in [-0.2, -0.15) is 0 Å². The minimum absolute atomic E-state index is 0.296. The number of carbonyl (C=O) groups excluding carboxylic acids is 1. The van der Waals surface area contributed by atoms with Crippen molar-refractivity contribution in [2.75, 3.05) is 34.7 Å². The molecule has 1 heterocycles. The third-order valence-electron chi connectivity index (χ3n) is 5.75. The summed E-state index contributed by atoms with van der Waals surface area (Å²) < 4.78 is 21.8. The van der Waals surface area contributed by atoms with E-state index in [-0.39, 0.29) is 0 Å². The number of hydrogen-bond donors (Lipinski definition) is 0. The van der Waals surface area contributed by atoms with Crippen LogP contribution >= 0.6 is 23.4 Å². The number of halogens is 1. The lowest BCUT2D eigenvalue weighted by Crippen LogP contribution is -2.11. The number of pyridine rings is 1. The summed E-state index contributed by atoms with van der Waals surface area (Å²) in [4.78, 5) is 23.9. The quantitative estimate of drug-likeness (QED) is 0.104. The molecule has 1 aromatic heterocycles. The highest BCUT2D eigenvalue weighted by atomic mass is 35.5. The normalized spacial score (nSPS) is 11.3. The largest absolute Gasteiger partial charge is 0.493 e. The zero-order chi connectivity index (χ0) is 27.2. The molecule has 0 N–H and O–H groups in total. The van der Waals surface area contributed by atoms with E-state index in [0.717, 1.165) is 5.39 Å². The van der Waals surface area contributed by atoms with Crippen LogP contribution in [0.1, 0.15) is 21.6 Å². The number of ether oxygens (including phenoxy) is 4. The Morgan fingerprint density at radius 1 is 0.842 bits per heavy atom. The van der Waals surface area contributed by atoms with Gasteiger partial charge in [0.25, 0.3) is 0 Å². The number of benzene rings is 3. The number of methoxy groups -OCH3 is 4. The van der Waals surface area contributed by atoms with Crippen molar-refractivity contribution in [1.29, 1.82) is 0 Å². The summed E-state index contributed by atoms with van der Waals surface area (Å²) in [5, 5.41) is 6.26. The maximum atomic E-state index is 13.1. The van der Waals surface area contributed by atoms with Crippen LogP contribution in [-0.2, 0) is 4.84 Å². The third-order valence-corrected chi connectivity index (χ3v) is 6.78. The van der Waals surface area contributed by atoms with Gasteiger partial charge in [0.1, 0.15) is 11.4 Å². The van der Waals surface area contributed by atoms with Gasteiger partial charge in [-0.3, -0.25) is 4.98 Å². The summed E-state index contributed by atoms with van der Waals surface area (Å²) in [6, 6.07) is 15.8. The number of aromatic nitrogens is 1. The second-order valence-corrected chi connectivity index (χ2v) is 9.11. The fraction of sp³-hybridized carbons (Fsp3) is 0.179. The standard InChI is InChI=1S/C28H25ClN2O6S/c1-33-21-8-6-17(13-22(21)34-2)26(31-37-28(32)20-14-18(29)7-9-25(20)38-5)27-19-15-24(36-4)23(35-3)12-16(19)10-11-30-27/h6-15H,1-5H3. The van der Waals surface area contributed by atoms with Gasteiger partial charge in [-0.1, -0.05) is 16.8 Å². The first-order chi connectivity index (χ1) is 18.4. The molecule has 0 saturated carbocycles. The fourth-order valence-electron chi connectivity index (χ4n) is 3.88. The van der Waals surface area contributed by atoms with Gasteiger partial charge in [0.15, 0.2) is 23.0 Å². The van der Waals surface area contributed by atoms with Crippen molar-refractivity contribution in [1.82, 2.24) is 4.98 Å². The Hall–Kier alpha value is -3.95. The van der Waals surface area contributed by atoms with Gasteiger partial charge < -0.3 is 23.8 Å². The molecule has 0 spiro atoms. The number of nitrogens with zero attached hydrogens (tertiary/aromatic N) is 2. The van der Waals surface area contributed by atoms with Crippen LogP contribution in [0.3, 0.4) is 0 Å². The Labute approximate surface area is 229 Å². The predicted octanol–water partition coefficient (Wildman–Crippen LogP) is 6.25. The van der Waals surface area contributed by atoms with Crippen molar-refractivity contribution in [3.8, 4) is 23.0 Å². The molecular formula is C28H25ClN2O6S. The van der Waals surface area contributed by atoms with Crippen LogP contribution in [0, 0.1) is 0 Å². The van der Waals surface area contributed by atoms with E-state index in [0.29, 0.717) is 60.8 Å². The first kappa shape index (κ1) is 27.1. The smallest absolute Gasteiger partial charge is 0.366 e. The first-order valence-corrected chi connectivity index (χ1v) is 12.9. The molecule has 196 valence electrons. The van der Waals surface area contributed by atoms with Crippen molar-refractivity contribution in [2.45, 2.75) is 4.90 Å². The van der Waals surface area contributed by atoms with Crippen molar-refractivity contribution in [3.05, 3.63) is 82.6 Å². The third kappa shape index (κ3) is 5.49. The number of fused-ring (bicyclic) bond motifs is 1. The van der Waals surface area contributed by atoms with Crippen LogP contribution in [-0.4, -0.2) is 51.4 Å². The molecule has 3 aromatic carbocycles. The molecule has 0 atom stereocenters. The van der Waals surface area contributed by atoms with E-state index in [1.54, 1.807) is 70.0 Å². The zero-order valence-corrected chi connectivity index (χ0v) is 23.0. The number of hydrogen-bond acceptors (Lipinski definition) is 9. The van der Waals surface area contributed by atoms with E-state index in [4.69, 9.17) is 35.4 Å². The minimum Gasteiger partial charge on any atom is -0.493 e. The van der Waals surface area contributed by atoms with Crippen molar-refractivity contribution in [2.24, 2.45) is 5.16 Å². The van der Waals surface area contributed by atoms with Gasteiger partial charge in [-0.25, -0.2) is 4.79 Å². The van der Waals surface area contributed by atoms with Gasteiger partial charge in [-0.15, -0.1) is 11.8 Å². The number of oxime groups is 1. The lowest BCUT2D eigenvalue weighted by Gasteiger charge is -2.14. The van der Waals surface area contributed by atoms with Crippen molar-refractivity contribution in [3.63, 3.8) is 0 Å². The summed E-state index contributed by atoms with van der Waals surface area (Å²) in [5.74, 6) is 1.44. The molecule has 4 aromatic rings. The molecule has 38 heavy (non-hydrogen) atoms. The molecule has 0 aliphatic carbocycles. The van der Waals surface area contributed by atoms with E-state index in [1.165, 1.54) is 18.9 Å². The molecule has 0 amide bonds.